The molecule has 3 heteroatoms. The van der Waals surface area contributed by atoms with Gasteiger partial charge in [-0.3, -0.25) is 0 Å². The van der Waals surface area contributed by atoms with Crippen LogP contribution in [0.3, 0.4) is 0 Å². The van der Waals surface area contributed by atoms with E-state index in [0.717, 1.165) is 31.4 Å². The molecule has 0 radical (unpaired) electrons. The molecule has 1 atom stereocenters. The van der Waals surface area contributed by atoms with E-state index in [-0.39, 0.29) is 6.04 Å². The topological polar surface area (TPSA) is 32.3 Å². The standard InChI is InChI=1S/C10H16N2O/c1-3-11-7-9(2)12-6-4-5-10(12)8-13/h3,8,10-11H,1-2,4-7H2/t10-/m0/s1. The van der Waals surface area contributed by atoms with Crippen LogP contribution in [-0.2, 0) is 4.79 Å². The first kappa shape index (κ1) is 9.84. The van der Waals surface area contributed by atoms with E-state index in [1.54, 1.807) is 6.20 Å². The Kier molecular flexibility index (Phi) is 3.55. The number of carbonyl (C=O) groups excluding carboxylic acids is 1. The second-order valence-corrected chi connectivity index (χ2v) is 3.19. The molecule has 0 aliphatic carbocycles. The van der Waals surface area contributed by atoms with Crippen LogP contribution in [0.2, 0.25) is 0 Å². The van der Waals surface area contributed by atoms with E-state index in [1.807, 2.05) is 0 Å². The van der Waals surface area contributed by atoms with Crippen molar-refractivity contribution in [2.24, 2.45) is 0 Å². The van der Waals surface area contributed by atoms with Crippen molar-refractivity contribution in [2.45, 2.75) is 18.9 Å². The van der Waals surface area contributed by atoms with Gasteiger partial charge in [-0.1, -0.05) is 13.2 Å². The molecule has 3 nitrogen and oxygen atoms in total. The second-order valence-electron chi connectivity index (χ2n) is 3.19. The molecule has 0 saturated carbocycles. The van der Waals surface area contributed by atoms with Crippen LogP contribution in [0.1, 0.15) is 12.8 Å². The van der Waals surface area contributed by atoms with Crippen LogP contribution >= 0.6 is 0 Å². The van der Waals surface area contributed by atoms with Gasteiger partial charge in [-0.25, -0.2) is 0 Å². The summed E-state index contributed by atoms with van der Waals surface area (Å²) in [7, 11) is 0. The lowest BCUT2D eigenvalue weighted by molar-refractivity contribution is -0.111. The first-order valence-electron chi connectivity index (χ1n) is 4.53. The normalized spacial score (nSPS) is 21.2. The minimum Gasteiger partial charge on any atom is -0.386 e. The Morgan fingerprint density at radius 1 is 1.69 bits per heavy atom. The summed E-state index contributed by atoms with van der Waals surface area (Å²) in [6.45, 7) is 9.11. The number of rotatable bonds is 5. The Hall–Kier alpha value is -1.25. The van der Waals surface area contributed by atoms with Crippen molar-refractivity contribution in [1.82, 2.24) is 10.2 Å². The number of hydrogen-bond acceptors (Lipinski definition) is 3. The minimum absolute atomic E-state index is 0.0408. The van der Waals surface area contributed by atoms with Gasteiger partial charge in [-0.15, -0.1) is 0 Å². The second kappa shape index (κ2) is 4.70. The molecule has 0 aromatic rings. The van der Waals surface area contributed by atoms with Crippen molar-refractivity contribution >= 4 is 6.29 Å². The fraction of sp³-hybridized carbons (Fsp3) is 0.500. The fourth-order valence-corrected chi connectivity index (χ4v) is 1.62. The molecule has 1 N–H and O–H groups in total. The van der Waals surface area contributed by atoms with Gasteiger partial charge in [0.2, 0.25) is 0 Å². The van der Waals surface area contributed by atoms with Crippen LogP contribution in [0.25, 0.3) is 0 Å². The summed E-state index contributed by atoms with van der Waals surface area (Å²) in [4.78, 5) is 12.7. The Labute approximate surface area is 79.1 Å². The largest absolute Gasteiger partial charge is 0.386 e. The molecule has 1 heterocycles. The molecule has 1 saturated heterocycles. The van der Waals surface area contributed by atoms with E-state index >= 15 is 0 Å². The van der Waals surface area contributed by atoms with E-state index in [2.05, 4.69) is 23.4 Å². The summed E-state index contributed by atoms with van der Waals surface area (Å²) in [5, 5.41) is 2.98. The van der Waals surface area contributed by atoms with E-state index < -0.39 is 0 Å². The molecule has 72 valence electrons. The molecule has 0 aromatic carbocycles. The lowest BCUT2D eigenvalue weighted by Crippen LogP contribution is -2.33. The molecule has 0 unspecified atom stereocenters. The first-order chi connectivity index (χ1) is 6.29. The average Bonchev–Trinajstić information content (AvgIpc) is 2.61. The minimum atomic E-state index is 0.0408. The van der Waals surface area contributed by atoms with Crippen LogP contribution < -0.4 is 5.32 Å². The highest BCUT2D eigenvalue weighted by atomic mass is 16.1. The molecule has 1 aliphatic heterocycles. The van der Waals surface area contributed by atoms with Crippen LogP contribution in [0.5, 0.6) is 0 Å². The summed E-state index contributed by atoms with van der Waals surface area (Å²) in [5.41, 5.74) is 0.967. The number of carbonyl (C=O) groups is 1. The van der Waals surface area contributed by atoms with E-state index in [1.165, 1.54) is 0 Å². The van der Waals surface area contributed by atoms with Gasteiger partial charge >= 0.3 is 0 Å². The number of aldehydes is 1. The highest BCUT2D eigenvalue weighted by molar-refractivity contribution is 5.58. The average molecular weight is 180 g/mol. The number of likely N-dealkylation sites (tertiary alicyclic amines) is 1. The van der Waals surface area contributed by atoms with Crippen molar-refractivity contribution in [1.29, 1.82) is 0 Å². The summed E-state index contributed by atoms with van der Waals surface area (Å²) >= 11 is 0. The molecule has 1 aliphatic rings. The van der Waals surface area contributed by atoms with Gasteiger partial charge < -0.3 is 15.0 Å². The van der Waals surface area contributed by atoms with Crippen molar-refractivity contribution < 1.29 is 4.79 Å². The molecular formula is C10H16N2O. The molecule has 1 rings (SSSR count). The quantitative estimate of drug-likeness (QED) is 0.638. The number of hydrogen-bond donors (Lipinski definition) is 1. The highest BCUT2D eigenvalue weighted by Crippen LogP contribution is 2.19. The zero-order chi connectivity index (χ0) is 9.68. The Balaban J connectivity index is 2.44. The fourth-order valence-electron chi connectivity index (χ4n) is 1.62. The smallest absolute Gasteiger partial charge is 0.142 e. The Morgan fingerprint density at radius 2 is 2.46 bits per heavy atom. The summed E-state index contributed by atoms with van der Waals surface area (Å²) < 4.78 is 0. The zero-order valence-electron chi connectivity index (χ0n) is 7.83. The zero-order valence-corrected chi connectivity index (χ0v) is 7.83. The van der Waals surface area contributed by atoms with Crippen LogP contribution in [0.15, 0.2) is 25.1 Å². The van der Waals surface area contributed by atoms with E-state index in [9.17, 15) is 4.79 Å². The number of nitrogens with zero attached hydrogens (tertiary/aromatic N) is 1. The summed E-state index contributed by atoms with van der Waals surface area (Å²) in [5.74, 6) is 0. The molecule has 0 spiro atoms. The maximum Gasteiger partial charge on any atom is 0.142 e. The van der Waals surface area contributed by atoms with Crippen molar-refractivity contribution in [3.63, 3.8) is 0 Å². The van der Waals surface area contributed by atoms with E-state index in [0.29, 0.717) is 6.54 Å². The van der Waals surface area contributed by atoms with Crippen molar-refractivity contribution in [2.75, 3.05) is 13.1 Å². The summed E-state index contributed by atoms with van der Waals surface area (Å²) in [6, 6.07) is 0.0408. The monoisotopic (exact) mass is 180 g/mol. The van der Waals surface area contributed by atoms with Gasteiger partial charge in [0, 0.05) is 12.2 Å². The number of nitrogens with one attached hydrogen (secondary N) is 1. The van der Waals surface area contributed by atoms with Crippen LogP contribution in [0, 0.1) is 0 Å². The van der Waals surface area contributed by atoms with Gasteiger partial charge in [0.25, 0.3) is 0 Å². The Morgan fingerprint density at radius 3 is 3.08 bits per heavy atom. The highest BCUT2D eigenvalue weighted by Gasteiger charge is 2.24. The molecule has 0 aromatic heterocycles. The third-order valence-corrected chi connectivity index (χ3v) is 2.31. The lowest BCUT2D eigenvalue weighted by Gasteiger charge is -2.24. The molecule has 1 fully saturated rings. The summed E-state index contributed by atoms with van der Waals surface area (Å²) in [6.07, 6.45) is 4.68. The van der Waals surface area contributed by atoms with Gasteiger partial charge in [-0.2, -0.15) is 0 Å². The lowest BCUT2D eigenvalue weighted by atomic mass is 10.2. The van der Waals surface area contributed by atoms with Crippen molar-refractivity contribution in [3.05, 3.63) is 25.1 Å². The molecule has 0 amide bonds. The van der Waals surface area contributed by atoms with Crippen molar-refractivity contribution in [3.8, 4) is 0 Å². The van der Waals surface area contributed by atoms with Gasteiger partial charge in [-0.05, 0) is 19.0 Å². The third kappa shape index (κ3) is 2.34. The predicted molar refractivity (Wildman–Crippen MR) is 53.1 cm³/mol. The van der Waals surface area contributed by atoms with Gasteiger partial charge in [0.15, 0.2) is 0 Å². The van der Waals surface area contributed by atoms with Gasteiger partial charge in [0.05, 0.1) is 12.6 Å². The third-order valence-electron chi connectivity index (χ3n) is 2.31. The van der Waals surface area contributed by atoms with Crippen LogP contribution in [-0.4, -0.2) is 30.3 Å². The van der Waals surface area contributed by atoms with E-state index in [4.69, 9.17) is 0 Å². The molecular weight excluding hydrogens is 164 g/mol. The molecule has 0 bridgehead atoms. The Bertz CT molecular complexity index is 213. The van der Waals surface area contributed by atoms with Crippen LogP contribution in [0.4, 0.5) is 0 Å². The first-order valence-corrected chi connectivity index (χ1v) is 4.53. The SMILES string of the molecule is C=CNCC(=C)N1CCC[C@H]1C=O. The molecule has 13 heavy (non-hydrogen) atoms. The predicted octanol–water partition coefficient (Wildman–Crippen LogP) is 0.896. The van der Waals surface area contributed by atoms with Gasteiger partial charge in [0.1, 0.15) is 6.29 Å². The maximum absolute atomic E-state index is 10.7. The maximum atomic E-state index is 10.7.